The van der Waals surface area contributed by atoms with Gasteiger partial charge < -0.3 is 14.1 Å². The van der Waals surface area contributed by atoms with Crippen LogP contribution in [0, 0.1) is 10.1 Å². The van der Waals surface area contributed by atoms with Crippen LogP contribution in [0.2, 0.25) is 0 Å². The van der Waals surface area contributed by atoms with Crippen LogP contribution in [0.3, 0.4) is 0 Å². The number of non-ortho nitro benzene ring substituents is 1. The van der Waals surface area contributed by atoms with Crippen molar-refractivity contribution >= 4 is 22.6 Å². The number of carbonyl (C=O) groups is 1. The highest BCUT2D eigenvalue weighted by Gasteiger charge is 2.15. The van der Waals surface area contributed by atoms with E-state index in [2.05, 4.69) is 15.2 Å². The smallest absolute Gasteiger partial charge is 0.355 e. The lowest BCUT2D eigenvalue weighted by molar-refractivity contribution is -0.384. The average Bonchev–Trinajstić information content (AvgIpc) is 3.33. The Hall–Kier alpha value is -4.01. The van der Waals surface area contributed by atoms with Gasteiger partial charge >= 0.3 is 5.97 Å². The molecule has 0 saturated heterocycles. The van der Waals surface area contributed by atoms with Crippen LogP contribution in [-0.2, 0) is 11.3 Å². The van der Waals surface area contributed by atoms with Gasteiger partial charge in [0.05, 0.1) is 4.92 Å². The minimum absolute atomic E-state index is 0.0363. The highest BCUT2D eigenvalue weighted by atomic mass is 16.6. The van der Waals surface area contributed by atoms with Gasteiger partial charge in [0.2, 0.25) is 5.89 Å². The number of fused-ring (bicyclic) bond motifs is 1. The number of rotatable bonds is 5. The second-order valence-electron chi connectivity index (χ2n) is 5.65. The highest BCUT2D eigenvalue weighted by Crippen LogP contribution is 2.21. The summed E-state index contributed by atoms with van der Waals surface area (Å²) in [6.07, 6.45) is 0. The van der Waals surface area contributed by atoms with Gasteiger partial charge in [0, 0.05) is 28.6 Å². The van der Waals surface area contributed by atoms with Crippen LogP contribution in [0.4, 0.5) is 5.69 Å². The molecule has 4 rings (SSSR count). The number of carbonyl (C=O) groups excluding carboxylic acids is 1. The summed E-state index contributed by atoms with van der Waals surface area (Å²) in [4.78, 5) is 25.3. The van der Waals surface area contributed by atoms with Gasteiger partial charge in [-0.25, -0.2) is 4.79 Å². The van der Waals surface area contributed by atoms with Crippen LogP contribution >= 0.6 is 0 Å². The monoisotopic (exact) mass is 364 g/mol. The number of hydrogen-bond donors (Lipinski definition) is 1. The Labute approximate surface area is 151 Å². The minimum Gasteiger partial charge on any atom is -0.451 e. The third kappa shape index (κ3) is 3.38. The molecule has 4 aromatic rings. The molecule has 2 aromatic carbocycles. The highest BCUT2D eigenvalue weighted by molar-refractivity contribution is 5.94. The molecule has 2 heterocycles. The number of hydrogen-bond acceptors (Lipinski definition) is 7. The van der Waals surface area contributed by atoms with Crippen molar-refractivity contribution in [3.8, 4) is 11.5 Å². The van der Waals surface area contributed by atoms with E-state index in [1.165, 1.54) is 24.3 Å². The summed E-state index contributed by atoms with van der Waals surface area (Å²) < 4.78 is 10.6. The lowest BCUT2D eigenvalue weighted by Gasteiger charge is -1.99. The number of nitro groups is 1. The second-order valence-corrected chi connectivity index (χ2v) is 5.65. The number of nitro benzene ring substituents is 1. The Bertz CT molecular complexity index is 1100. The van der Waals surface area contributed by atoms with Gasteiger partial charge in [0.1, 0.15) is 5.69 Å². The van der Waals surface area contributed by atoms with Gasteiger partial charge in [0.25, 0.3) is 11.6 Å². The molecule has 0 bridgehead atoms. The molecule has 0 amide bonds. The fourth-order valence-corrected chi connectivity index (χ4v) is 2.54. The first-order valence-corrected chi connectivity index (χ1v) is 7.92. The van der Waals surface area contributed by atoms with E-state index in [0.29, 0.717) is 11.3 Å². The van der Waals surface area contributed by atoms with Crippen molar-refractivity contribution in [2.24, 2.45) is 0 Å². The number of esters is 1. The van der Waals surface area contributed by atoms with Crippen LogP contribution in [0.25, 0.3) is 22.4 Å². The number of nitrogens with one attached hydrogen (secondary N) is 1. The second kappa shape index (κ2) is 6.71. The zero-order valence-electron chi connectivity index (χ0n) is 13.8. The fraction of sp³-hybridized carbons (Fsp3) is 0.0556. The quantitative estimate of drug-likeness (QED) is 0.326. The van der Waals surface area contributed by atoms with Crippen LogP contribution in [-0.4, -0.2) is 26.1 Å². The number of nitrogens with zero attached hydrogens (tertiary/aromatic N) is 3. The van der Waals surface area contributed by atoms with Crippen LogP contribution in [0.5, 0.6) is 0 Å². The number of para-hydroxylation sites is 1. The molecule has 0 aliphatic rings. The molecule has 27 heavy (non-hydrogen) atoms. The number of aromatic amines is 1. The summed E-state index contributed by atoms with van der Waals surface area (Å²) in [5.74, 6) is -0.240. The van der Waals surface area contributed by atoms with Crippen LogP contribution in [0.15, 0.2) is 59.0 Å². The van der Waals surface area contributed by atoms with Gasteiger partial charge in [-0.1, -0.05) is 18.2 Å². The first-order valence-electron chi connectivity index (χ1n) is 7.92. The molecule has 0 aliphatic heterocycles. The Morgan fingerprint density at radius 3 is 2.67 bits per heavy atom. The van der Waals surface area contributed by atoms with Crippen molar-refractivity contribution in [3.63, 3.8) is 0 Å². The first-order chi connectivity index (χ1) is 13.1. The molecular weight excluding hydrogens is 352 g/mol. The molecule has 0 spiro atoms. The summed E-state index contributed by atoms with van der Waals surface area (Å²) in [6.45, 7) is -0.186. The van der Waals surface area contributed by atoms with Crippen LogP contribution in [0.1, 0.15) is 16.4 Å². The van der Waals surface area contributed by atoms with E-state index in [1.54, 1.807) is 6.07 Å². The van der Waals surface area contributed by atoms with Crippen molar-refractivity contribution in [3.05, 3.63) is 76.3 Å². The predicted octanol–water partition coefficient (Wildman–Crippen LogP) is 3.48. The molecule has 134 valence electrons. The van der Waals surface area contributed by atoms with E-state index in [4.69, 9.17) is 9.15 Å². The van der Waals surface area contributed by atoms with E-state index >= 15 is 0 Å². The molecule has 0 fully saturated rings. The molecule has 2 aromatic heterocycles. The Morgan fingerprint density at radius 1 is 1.15 bits per heavy atom. The van der Waals surface area contributed by atoms with Crippen molar-refractivity contribution in [1.82, 2.24) is 15.2 Å². The number of H-pyrrole nitrogens is 1. The van der Waals surface area contributed by atoms with E-state index in [-0.39, 0.29) is 24.1 Å². The van der Waals surface area contributed by atoms with E-state index < -0.39 is 10.9 Å². The van der Waals surface area contributed by atoms with Gasteiger partial charge in [-0.3, -0.25) is 10.1 Å². The van der Waals surface area contributed by atoms with Gasteiger partial charge in [-0.15, -0.1) is 10.2 Å². The van der Waals surface area contributed by atoms with E-state index in [0.717, 1.165) is 10.9 Å². The molecule has 0 aliphatic carbocycles. The summed E-state index contributed by atoms with van der Waals surface area (Å²) in [5, 5.41) is 19.3. The maximum absolute atomic E-state index is 12.2. The Balaban J connectivity index is 1.43. The standard InChI is InChI=1S/C18H12N4O5/c23-18(15-9-12-3-1-2-4-14(12)19-15)26-10-16-20-21-17(27-16)11-5-7-13(8-6-11)22(24)25/h1-9,19H,10H2. The molecule has 9 heteroatoms. The zero-order valence-corrected chi connectivity index (χ0v) is 13.8. The topological polar surface area (TPSA) is 124 Å². The Kier molecular flexibility index (Phi) is 4.09. The molecule has 0 saturated carbocycles. The molecular formula is C18H12N4O5. The van der Waals surface area contributed by atoms with Crippen molar-refractivity contribution < 1.29 is 18.9 Å². The lowest BCUT2D eigenvalue weighted by atomic mass is 10.2. The number of ether oxygens (including phenoxy) is 1. The van der Waals surface area contributed by atoms with Gasteiger partial charge in [0.15, 0.2) is 6.61 Å². The summed E-state index contributed by atoms with van der Waals surface area (Å²) in [6, 6.07) is 14.9. The maximum atomic E-state index is 12.2. The summed E-state index contributed by atoms with van der Waals surface area (Å²) >= 11 is 0. The number of aromatic nitrogens is 3. The van der Waals surface area contributed by atoms with Crippen molar-refractivity contribution in [2.75, 3.05) is 0 Å². The first kappa shape index (κ1) is 16.5. The summed E-state index contributed by atoms with van der Waals surface area (Å²) in [7, 11) is 0. The van der Waals surface area contributed by atoms with Crippen molar-refractivity contribution in [2.45, 2.75) is 6.61 Å². The Morgan fingerprint density at radius 2 is 1.93 bits per heavy atom. The largest absolute Gasteiger partial charge is 0.451 e. The molecule has 1 N–H and O–H groups in total. The third-order valence-electron chi connectivity index (χ3n) is 3.87. The fourth-order valence-electron chi connectivity index (χ4n) is 2.54. The van der Waals surface area contributed by atoms with E-state index in [9.17, 15) is 14.9 Å². The molecule has 0 radical (unpaired) electrons. The zero-order chi connectivity index (χ0) is 18.8. The molecule has 0 atom stereocenters. The SMILES string of the molecule is O=C(OCc1nnc(-c2ccc([N+](=O)[O-])cc2)o1)c1cc2ccccc2[nH]1. The molecule has 9 nitrogen and oxygen atoms in total. The predicted molar refractivity (Wildman–Crippen MR) is 93.8 cm³/mol. The van der Waals surface area contributed by atoms with Gasteiger partial charge in [-0.2, -0.15) is 0 Å². The third-order valence-corrected chi connectivity index (χ3v) is 3.87. The maximum Gasteiger partial charge on any atom is 0.355 e. The summed E-state index contributed by atoms with van der Waals surface area (Å²) in [5.41, 5.74) is 1.65. The van der Waals surface area contributed by atoms with Crippen LogP contribution < -0.4 is 0 Å². The van der Waals surface area contributed by atoms with Crippen molar-refractivity contribution in [1.29, 1.82) is 0 Å². The average molecular weight is 364 g/mol. The van der Waals surface area contributed by atoms with Gasteiger partial charge in [-0.05, 0) is 24.3 Å². The number of benzene rings is 2. The normalized spacial score (nSPS) is 10.8. The van der Waals surface area contributed by atoms with E-state index in [1.807, 2.05) is 24.3 Å². The lowest BCUT2D eigenvalue weighted by Crippen LogP contribution is -2.05. The minimum atomic E-state index is -0.540. The molecule has 0 unspecified atom stereocenters.